The third kappa shape index (κ3) is 3.56. The van der Waals surface area contributed by atoms with Gasteiger partial charge in [-0.2, -0.15) is 0 Å². The molecule has 0 spiro atoms. The average Bonchev–Trinajstić information content (AvgIpc) is 2.40. The van der Waals surface area contributed by atoms with Crippen LogP contribution in [0.3, 0.4) is 0 Å². The number of rotatable bonds is 4. The van der Waals surface area contributed by atoms with E-state index in [0.717, 1.165) is 22.5 Å². The molecule has 2 aromatic rings. The summed E-state index contributed by atoms with van der Waals surface area (Å²) < 4.78 is 0. The van der Waals surface area contributed by atoms with Gasteiger partial charge in [0.15, 0.2) is 0 Å². The fraction of sp³-hybridized carbons (Fsp3) is 0.250. The second kappa shape index (κ2) is 5.87. The molecule has 0 aliphatic rings. The van der Waals surface area contributed by atoms with E-state index in [4.69, 9.17) is 0 Å². The van der Waals surface area contributed by atoms with Crippen LogP contribution in [-0.2, 0) is 0 Å². The second-order valence-corrected chi connectivity index (χ2v) is 4.72. The Morgan fingerprint density at radius 1 is 0.684 bits per heavy atom. The first-order valence-corrected chi connectivity index (χ1v) is 6.39. The van der Waals surface area contributed by atoms with Crippen LogP contribution >= 0.6 is 0 Å². The van der Waals surface area contributed by atoms with Crippen molar-refractivity contribution in [2.24, 2.45) is 0 Å². The van der Waals surface area contributed by atoms with Crippen LogP contribution in [0.1, 0.15) is 37.2 Å². The summed E-state index contributed by atoms with van der Waals surface area (Å²) in [5.74, 6) is 0. The molecule has 19 heavy (non-hydrogen) atoms. The average molecular weight is 257 g/mol. The minimum absolute atomic E-state index is 0.445. The Morgan fingerprint density at radius 3 is 1.26 bits per heavy atom. The molecule has 2 unspecified atom stereocenters. The maximum absolute atomic E-state index is 9.44. The van der Waals surface area contributed by atoms with E-state index in [2.05, 4.69) is 5.32 Å². The third-order valence-corrected chi connectivity index (χ3v) is 3.07. The summed E-state index contributed by atoms with van der Waals surface area (Å²) >= 11 is 0. The van der Waals surface area contributed by atoms with Gasteiger partial charge in [-0.25, -0.2) is 0 Å². The van der Waals surface area contributed by atoms with Crippen LogP contribution in [0.25, 0.3) is 0 Å². The summed E-state index contributed by atoms with van der Waals surface area (Å²) in [5.41, 5.74) is 3.73. The highest BCUT2D eigenvalue weighted by Crippen LogP contribution is 2.21. The van der Waals surface area contributed by atoms with Gasteiger partial charge in [0.1, 0.15) is 0 Å². The number of anilines is 2. The molecule has 0 saturated carbocycles. The Balaban J connectivity index is 2.08. The van der Waals surface area contributed by atoms with Crippen molar-refractivity contribution in [1.82, 2.24) is 0 Å². The molecule has 0 fully saturated rings. The van der Waals surface area contributed by atoms with Crippen molar-refractivity contribution in [3.05, 3.63) is 59.7 Å². The molecule has 0 radical (unpaired) electrons. The molecule has 0 aliphatic carbocycles. The van der Waals surface area contributed by atoms with Gasteiger partial charge in [-0.3, -0.25) is 0 Å². The van der Waals surface area contributed by atoms with E-state index in [1.807, 2.05) is 48.5 Å². The van der Waals surface area contributed by atoms with Crippen molar-refractivity contribution in [2.45, 2.75) is 26.1 Å². The lowest BCUT2D eigenvalue weighted by Crippen LogP contribution is -1.95. The largest absolute Gasteiger partial charge is 0.389 e. The highest BCUT2D eigenvalue weighted by molar-refractivity contribution is 5.60. The fourth-order valence-electron chi connectivity index (χ4n) is 1.86. The van der Waals surface area contributed by atoms with E-state index >= 15 is 0 Å². The molecule has 100 valence electrons. The Morgan fingerprint density at radius 2 is 1.00 bits per heavy atom. The first-order chi connectivity index (χ1) is 9.06. The zero-order valence-corrected chi connectivity index (χ0v) is 11.2. The molecule has 3 heteroatoms. The van der Waals surface area contributed by atoms with Crippen molar-refractivity contribution in [1.29, 1.82) is 0 Å². The van der Waals surface area contributed by atoms with Crippen molar-refractivity contribution >= 4 is 11.4 Å². The van der Waals surface area contributed by atoms with Gasteiger partial charge >= 0.3 is 0 Å². The molecule has 0 bridgehead atoms. The number of hydrogen-bond donors (Lipinski definition) is 3. The molecule has 3 nitrogen and oxygen atoms in total. The Kier molecular flexibility index (Phi) is 4.20. The van der Waals surface area contributed by atoms with Crippen LogP contribution in [0.5, 0.6) is 0 Å². The van der Waals surface area contributed by atoms with E-state index in [0.29, 0.717) is 0 Å². The van der Waals surface area contributed by atoms with Gasteiger partial charge in [0, 0.05) is 11.4 Å². The van der Waals surface area contributed by atoms with Crippen molar-refractivity contribution in [2.75, 3.05) is 5.32 Å². The van der Waals surface area contributed by atoms with Gasteiger partial charge in [-0.1, -0.05) is 24.3 Å². The summed E-state index contributed by atoms with van der Waals surface area (Å²) in [6.45, 7) is 3.49. The van der Waals surface area contributed by atoms with Gasteiger partial charge in [-0.05, 0) is 49.2 Å². The molecule has 2 atom stereocenters. The summed E-state index contributed by atoms with van der Waals surface area (Å²) in [4.78, 5) is 0. The lowest BCUT2D eigenvalue weighted by atomic mass is 10.1. The fourth-order valence-corrected chi connectivity index (χ4v) is 1.86. The Bertz CT molecular complexity index is 466. The molecule has 0 heterocycles. The van der Waals surface area contributed by atoms with Crippen LogP contribution in [0.2, 0.25) is 0 Å². The maximum atomic E-state index is 9.44. The smallest absolute Gasteiger partial charge is 0.0761 e. The zero-order valence-electron chi connectivity index (χ0n) is 11.2. The summed E-state index contributed by atoms with van der Waals surface area (Å²) in [6, 6.07) is 15.3. The van der Waals surface area contributed by atoms with Crippen LogP contribution < -0.4 is 5.32 Å². The summed E-state index contributed by atoms with van der Waals surface area (Å²) in [6.07, 6.45) is -0.890. The van der Waals surface area contributed by atoms with Gasteiger partial charge in [0.2, 0.25) is 0 Å². The van der Waals surface area contributed by atoms with E-state index in [1.165, 1.54) is 0 Å². The summed E-state index contributed by atoms with van der Waals surface area (Å²) in [7, 11) is 0. The van der Waals surface area contributed by atoms with E-state index in [1.54, 1.807) is 13.8 Å². The predicted octanol–water partition coefficient (Wildman–Crippen LogP) is 3.54. The lowest BCUT2D eigenvalue weighted by Gasteiger charge is -2.10. The second-order valence-electron chi connectivity index (χ2n) is 4.72. The number of aliphatic hydroxyl groups excluding tert-OH is 2. The van der Waals surface area contributed by atoms with Gasteiger partial charge in [0.05, 0.1) is 12.2 Å². The highest BCUT2D eigenvalue weighted by atomic mass is 16.3. The first-order valence-electron chi connectivity index (χ1n) is 6.39. The van der Waals surface area contributed by atoms with Gasteiger partial charge < -0.3 is 15.5 Å². The van der Waals surface area contributed by atoms with Crippen molar-refractivity contribution in [3.8, 4) is 0 Å². The molecule has 2 aromatic carbocycles. The van der Waals surface area contributed by atoms with E-state index in [-0.39, 0.29) is 0 Å². The minimum atomic E-state index is -0.445. The molecule has 0 amide bonds. The van der Waals surface area contributed by atoms with Crippen LogP contribution in [-0.4, -0.2) is 10.2 Å². The SMILES string of the molecule is CC(O)c1ccc(Nc2ccc(C(C)O)cc2)cc1. The highest BCUT2D eigenvalue weighted by Gasteiger charge is 2.02. The number of nitrogens with one attached hydrogen (secondary N) is 1. The standard InChI is InChI=1S/C16H19NO2/c1-11(18)13-3-7-15(8-4-13)17-16-9-5-14(6-10-16)12(2)19/h3-12,17-19H,1-2H3. The summed E-state index contributed by atoms with van der Waals surface area (Å²) in [5, 5.41) is 22.2. The molecule has 0 saturated heterocycles. The first kappa shape index (κ1) is 13.6. The van der Waals surface area contributed by atoms with Crippen LogP contribution in [0.4, 0.5) is 11.4 Å². The monoisotopic (exact) mass is 257 g/mol. The number of benzene rings is 2. The predicted molar refractivity (Wildman–Crippen MR) is 77.4 cm³/mol. The molecule has 2 rings (SSSR count). The van der Waals surface area contributed by atoms with E-state index < -0.39 is 12.2 Å². The number of hydrogen-bond acceptors (Lipinski definition) is 3. The van der Waals surface area contributed by atoms with Gasteiger partial charge in [0.25, 0.3) is 0 Å². The quantitative estimate of drug-likeness (QED) is 0.785. The van der Waals surface area contributed by atoms with E-state index in [9.17, 15) is 10.2 Å². The normalized spacial score (nSPS) is 13.9. The van der Waals surface area contributed by atoms with Crippen molar-refractivity contribution < 1.29 is 10.2 Å². The molecular weight excluding hydrogens is 238 g/mol. The molecule has 0 aromatic heterocycles. The Labute approximate surface area is 113 Å². The lowest BCUT2D eigenvalue weighted by molar-refractivity contribution is 0.199. The third-order valence-electron chi connectivity index (χ3n) is 3.07. The zero-order chi connectivity index (χ0) is 13.8. The van der Waals surface area contributed by atoms with Crippen LogP contribution in [0, 0.1) is 0 Å². The Hall–Kier alpha value is -1.84. The van der Waals surface area contributed by atoms with Crippen molar-refractivity contribution in [3.63, 3.8) is 0 Å². The molecular formula is C16H19NO2. The topological polar surface area (TPSA) is 52.5 Å². The molecule has 0 aliphatic heterocycles. The maximum Gasteiger partial charge on any atom is 0.0761 e. The minimum Gasteiger partial charge on any atom is -0.389 e. The molecule has 3 N–H and O–H groups in total. The number of aliphatic hydroxyl groups is 2. The van der Waals surface area contributed by atoms with Gasteiger partial charge in [-0.15, -0.1) is 0 Å². The van der Waals surface area contributed by atoms with Crippen LogP contribution in [0.15, 0.2) is 48.5 Å².